The molecule has 2 bridgehead atoms. The lowest BCUT2D eigenvalue weighted by Crippen LogP contribution is -2.50. The lowest BCUT2D eigenvalue weighted by Gasteiger charge is -2.29. The van der Waals surface area contributed by atoms with E-state index in [0.29, 0.717) is 22.7 Å². The molecule has 2 amide bonds. The average molecular weight is 322 g/mol. The van der Waals surface area contributed by atoms with Crippen LogP contribution in [0.5, 0.6) is 0 Å². The molecule has 1 aromatic rings. The first-order valence-electron chi connectivity index (χ1n) is 7.69. The molecule has 0 radical (unpaired) electrons. The van der Waals surface area contributed by atoms with Crippen LogP contribution in [0.1, 0.15) is 36.0 Å². The Morgan fingerprint density at radius 2 is 1.95 bits per heavy atom. The Bertz CT molecular complexity index is 566. The highest BCUT2D eigenvalue weighted by Crippen LogP contribution is 2.26. The topological polar surface area (TPSA) is 70.2 Å². The molecule has 2 fully saturated rings. The molecular weight excluding hydrogens is 302 g/mol. The molecule has 0 spiro atoms. The molecule has 3 N–H and O–H groups in total. The summed E-state index contributed by atoms with van der Waals surface area (Å²) in [5.41, 5.74) is 0.459. The number of amides is 2. The molecule has 118 valence electrons. The highest BCUT2D eigenvalue weighted by molar-refractivity contribution is 6.30. The standard InChI is InChI=1S/C16H20ClN3O2/c17-11-3-1-2-10(6-11)16(22)18-9-15(21)20-14-7-12-4-5-13(8-14)19-12/h1-3,6,12-14,19H,4-5,7-9H2,(H,18,22)(H,20,21)/t12-,13+,14?. The van der Waals surface area contributed by atoms with E-state index in [1.165, 1.54) is 12.8 Å². The number of halogens is 1. The predicted octanol–water partition coefficient (Wildman–Crippen LogP) is 1.47. The van der Waals surface area contributed by atoms with Crippen molar-refractivity contribution in [3.63, 3.8) is 0 Å². The Labute approximate surface area is 134 Å². The zero-order valence-electron chi connectivity index (χ0n) is 12.3. The van der Waals surface area contributed by atoms with E-state index >= 15 is 0 Å². The maximum atomic E-state index is 12.0. The second kappa shape index (κ2) is 6.67. The molecule has 0 saturated carbocycles. The van der Waals surface area contributed by atoms with Crippen molar-refractivity contribution in [2.24, 2.45) is 0 Å². The third-order valence-electron chi connectivity index (χ3n) is 4.33. The molecule has 0 aromatic heterocycles. The van der Waals surface area contributed by atoms with E-state index in [0.717, 1.165) is 12.8 Å². The third kappa shape index (κ3) is 3.78. The van der Waals surface area contributed by atoms with Gasteiger partial charge in [-0.15, -0.1) is 0 Å². The Balaban J connectivity index is 1.45. The Morgan fingerprint density at radius 3 is 2.64 bits per heavy atom. The van der Waals surface area contributed by atoms with Gasteiger partial charge < -0.3 is 16.0 Å². The SMILES string of the molecule is O=C(CNC(=O)c1cccc(Cl)c1)NC1C[C@H]2CC[C@@H](C1)N2. The molecule has 3 atom stereocenters. The second-order valence-corrected chi connectivity index (χ2v) is 6.50. The number of nitrogens with one attached hydrogen (secondary N) is 3. The van der Waals surface area contributed by atoms with Gasteiger partial charge >= 0.3 is 0 Å². The molecule has 0 aliphatic carbocycles. The molecule has 2 aliphatic rings. The maximum Gasteiger partial charge on any atom is 0.251 e. The Morgan fingerprint density at radius 1 is 1.23 bits per heavy atom. The van der Waals surface area contributed by atoms with Gasteiger partial charge in [0, 0.05) is 28.7 Å². The van der Waals surface area contributed by atoms with Crippen LogP contribution in [0, 0.1) is 0 Å². The van der Waals surface area contributed by atoms with Crippen molar-refractivity contribution in [1.29, 1.82) is 0 Å². The van der Waals surface area contributed by atoms with Gasteiger partial charge in [0.25, 0.3) is 5.91 Å². The third-order valence-corrected chi connectivity index (χ3v) is 4.57. The van der Waals surface area contributed by atoms with Gasteiger partial charge in [0.2, 0.25) is 5.91 Å². The molecule has 2 saturated heterocycles. The summed E-state index contributed by atoms with van der Waals surface area (Å²) in [4.78, 5) is 23.9. The lowest BCUT2D eigenvalue weighted by molar-refractivity contribution is -0.121. The Hall–Kier alpha value is -1.59. The lowest BCUT2D eigenvalue weighted by atomic mass is 10.00. The first-order chi connectivity index (χ1) is 10.6. The van der Waals surface area contributed by atoms with Gasteiger partial charge in [-0.05, 0) is 43.9 Å². The van der Waals surface area contributed by atoms with Crippen LogP contribution in [0.3, 0.4) is 0 Å². The monoisotopic (exact) mass is 321 g/mol. The summed E-state index contributed by atoms with van der Waals surface area (Å²) in [6.07, 6.45) is 4.35. The zero-order chi connectivity index (χ0) is 15.5. The van der Waals surface area contributed by atoms with Crippen molar-refractivity contribution >= 4 is 23.4 Å². The van der Waals surface area contributed by atoms with E-state index in [1.54, 1.807) is 24.3 Å². The number of hydrogen-bond acceptors (Lipinski definition) is 3. The predicted molar refractivity (Wildman–Crippen MR) is 84.9 cm³/mol. The van der Waals surface area contributed by atoms with Crippen molar-refractivity contribution in [3.8, 4) is 0 Å². The summed E-state index contributed by atoms with van der Waals surface area (Å²) < 4.78 is 0. The minimum atomic E-state index is -0.289. The number of carbonyl (C=O) groups is 2. The fraction of sp³-hybridized carbons (Fsp3) is 0.500. The van der Waals surface area contributed by atoms with Gasteiger partial charge in [0.15, 0.2) is 0 Å². The number of fused-ring (bicyclic) bond motifs is 2. The van der Waals surface area contributed by atoms with Crippen LogP contribution < -0.4 is 16.0 Å². The summed E-state index contributed by atoms with van der Waals surface area (Å²) in [5.74, 6) is -0.426. The van der Waals surface area contributed by atoms with E-state index in [9.17, 15) is 9.59 Å². The molecule has 6 heteroatoms. The number of carbonyl (C=O) groups excluding carboxylic acids is 2. The summed E-state index contributed by atoms with van der Waals surface area (Å²) in [7, 11) is 0. The quantitative estimate of drug-likeness (QED) is 0.786. The van der Waals surface area contributed by atoms with Gasteiger partial charge in [-0.3, -0.25) is 9.59 Å². The number of hydrogen-bond donors (Lipinski definition) is 3. The van der Waals surface area contributed by atoms with Crippen LogP contribution in [0.2, 0.25) is 5.02 Å². The van der Waals surface area contributed by atoms with Crippen LogP contribution in [0.15, 0.2) is 24.3 Å². The highest BCUT2D eigenvalue weighted by atomic mass is 35.5. The van der Waals surface area contributed by atoms with Crippen molar-refractivity contribution < 1.29 is 9.59 Å². The average Bonchev–Trinajstić information content (AvgIpc) is 2.83. The summed E-state index contributed by atoms with van der Waals surface area (Å²) >= 11 is 5.85. The van der Waals surface area contributed by atoms with Crippen molar-refractivity contribution in [2.75, 3.05) is 6.54 Å². The van der Waals surface area contributed by atoms with E-state index in [-0.39, 0.29) is 24.4 Å². The number of piperidine rings is 1. The van der Waals surface area contributed by atoms with Gasteiger partial charge in [-0.1, -0.05) is 17.7 Å². The first-order valence-corrected chi connectivity index (χ1v) is 8.07. The maximum absolute atomic E-state index is 12.0. The van der Waals surface area contributed by atoms with E-state index < -0.39 is 0 Å². The smallest absolute Gasteiger partial charge is 0.251 e. The molecule has 1 unspecified atom stereocenters. The fourth-order valence-corrected chi connectivity index (χ4v) is 3.54. The first kappa shape index (κ1) is 15.3. The normalized spacial score (nSPS) is 26.5. The second-order valence-electron chi connectivity index (χ2n) is 6.07. The van der Waals surface area contributed by atoms with Crippen LogP contribution >= 0.6 is 11.6 Å². The van der Waals surface area contributed by atoms with Gasteiger partial charge in [0.05, 0.1) is 6.54 Å². The zero-order valence-corrected chi connectivity index (χ0v) is 13.0. The molecule has 2 aliphatic heterocycles. The van der Waals surface area contributed by atoms with Crippen molar-refractivity contribution in [3.05, 3.63) is 34.9 Å². The van der Waals surface area contributed by atoms with Crippen molar-refractivity contribution in [1.82, 2.24) is 16.0 Å². The van der Waals surface area contributed by atoms with Crippen LogP contribution in [0.25, 0.3) is 0 Å². The van der Waals surface area contributed by atoms with Gasteiger partial charge in [-0.25, -0.2) is 0 Å². The fourth-order valence-electron chi connectivity index (χ4n) is 3.35. The molecule has 1 aromatic carbocycles. The minimum Gasteiger partial charge on any atom is -0.352 e. The molecule has 5 nitrogen and oxygen atoms in total. The summed E-state index contributed by atoms with van der Waals surface area (Å²) in [6.45, 7) is -0.00932. The van der Waals surface area contributed by atoms with E-state index in [1.807, 2.05) is 0 Å². The summed E-state index contributed by atoms with van der Waals surface area (Å²) in [5, 5.41) is 9.69. The highest BCUT2D eigenvalue weighted by Gasteiger charge is 2.33. The Kier molecular flexibility index (Phi) is 4.64. The van der Waals surface area contributed by atoms with E-state index in [4.69, 9.17) is 11.6 Å². The van der Waals surface area contributed by atoms with Crippen LogP contribution in [0.4, 0.5) is 0 Å². The van der Waals surface area contributed by atoms with Gasteiger partial charge in [0.1, 0.15) is 0 Å². The number of rotatable bonds is 4. The molecule has 2 heterocycles. The number of benzene rings is 1. The van der Waals surface area contributed by atoms with Crippen LogP contribution in [-0.2, 0) is 4.79 Å². The molecular formula is C16H20ClN3O2. The van der Waals surface area contributed by atoms with Gasteiger partial charge in [-0.2, -0.15) is 0 Å². The minimum absolute atomic E-state index is 0.00932. The molecule has 22 heavy (non-hydrogen) atoms. The molecule has 3 rings (SSSR count). The largest absolute Gasteiger partial charge is 0.352 e. The summed E-state index contributed by atoms with van der Waals surface area (Å²) in [6, 6.07) is 7.95. The van der Waals surface area contributed by atoms with E-state index in [2.05, 4.69) is 16.0 Å². The van der Waals surface area contributed by atoms with Crippen molar-refractivity contribution in [2.45, 2.75) is 43.8 Å². The van der Waals surface area contributed by atoms with Crippen LogP contribution in [-0.4, -0.2) is 36.5 Å².